The molecule has 7 heteroatoms. The third-order valence-electron chi connectivity index (χ3n) is 4.98. The molecule has 26 heavy (non-hydrogen) atoms. The van der Waals surface area contributed by atoms with Gasteiger partial charge in [0.15, 0.2) is 0 Å². The van der Waals surface area contributed by atoms with Crippen LogP contribution in [0.2, 0.25) is 0 Å². The minimum Gasteiger partial charge on any atom is -0.317 e. The molecule has 3 aromatic rings. The number of piperidine rings is 1. The van der Waals surface area contributed by atoms with E-state index in [2.05, 4.69) is 22.4 Å². The summed E-state index contributed by atoms with van der Waals surface area (Å²) in [5.74, 6) is 1.25. The highest BCUT2D eigenvalue weighted by Gasteiger charge is 2.24. The number of benzene rings is 1. The molecule has 0 spiro atoms. The lowest BCUT2D eigenvalue weighted by atomic mass is 9.97. The smallest absolute Gasteiger partial charge is 0.317 e. The Hall–Kier alpha value is -2.25. The van der Waals surface area contributed by atoms with Crippen LogP contribution in [-0.4, -0.2) is 32.4 Å². The first-order valence-corrected chi connectivity index (χ1v) is 9.91. The lowest BCUT2D eigenvalue weighted by Crippen LogP contribution is -2.30. The Bertz CT molecular complexity index is 921. The summed E-state index contributed by atoms with van der Waals surface area (Å²) in [4.78, 5) is 18.5. The number of nitrogens with zero attached hydrogens (tertiary/aromatic N) is 4. The maximum Gasteiger partial charge on any atom is 0.346 e. The van der Waals surface area contributed by atoms with E-state index < -0.39 is 0 Å². The fraction of sp³-hybridized carbons (Fsp3) is 0.421. The number of hydrogen-bond donors (Lipinski definition) is 1. The van der Waals surface area contributed by atoms with Gasteiger partial charge >= 0.3 is 5.69 Å². The van der Waals surface area contributed by atoms with E-state index in [1.54, 1.807) is 16.0 Å². The molecule has 6 nitrogen and oxygen atoms in total. The fourth-order valence-electron chi connectivity index (χ4n) is 3.47. The van der Waals surface area contributed by atoms with Crippen LogP contribution in [0.5, 0.6) is 0 Å². The monoisotopic (exact) mass is 369 g/mol. The van der Waals surface area contributed by atoms with Crippen LogP contribution in [0.1, 0.15) is 40.7 Å². The molecule has 0 bridgehead atoms. The molecule has 3 heterocycles. The van der Waals surface area contributed by atoms with Gasteiger partial charge < -0.3 is 5.32 Å². The van der Waals surface area contributed by atoms with Crippen LogP contribution in [0.15, 0.2) is 40.6 Å². The first kappa shape index (κ1) is 17.2. The van der Waals surface area contributed by atoms with Gasteiger partial charge in [-0.15, -0.1) is 11.3 Å². The number of hydrogen-bond acceptors (Lipinski definition) is 5. The van der Waals surface area contributed by atoms with Gasteiger partial charge in [-0.1, -0.05) is 30.3 Å². The second kappa shape index (κ2) is 7.55. The average molecular weight is 369 g/mol. The molecule has 1 aliphatic rings. The molecule has 0 radical (unpaired) electrons. The molecule has 136 valence electrons. The van der Waals surface area contributed by atoms with Crippen molar-refractivity contribution in [2.75, 3.05) is 13.1 Å². The third-order valence-corrected chi connectivity index (χ3v) is 5.90. The maximum absolute atomic E-state index is 13.1. The first-order chi connectivity index (χ1) is 12.7. The Morgan fingerprint density at radius 2 is 1.96 bits per heavy atom. The largest absolute Gasteiger partial charge is 0.346 e. The number of thiazole rings is 1. The van der Waals surface area contributed by atoms with E-state index in [1.807, 2.05) is 35.2 Å². The zero-order valence-electron chi connectivity index (χ0n) is 14.9. The second-order valence-electron chi connectivity index (χ2n) is 6.76. The van der Waals surface area contributed by atoms with Gasteiger partial charge in [0.1, 0.15) is 5.82 Å². The van der Waals surface area contributed by atoms with Gasteiger partial charge in [0, 0.05) is 10.8 Å². The molecule has 1 aliphatic heterocycles. The molecule has 1 N–H and O–H groups in total. The highest BCUT2D eigenvalue weighted by Crippen LogP contribution is 2.23. The zero-order valence-corrected chi connectivity index (χ0v) is 15.7. The van der Waals surface area contributed by atoms with Crippen molar-refractivity contribution in [3.8, 4) is 0 Å². The average Bonchev–Trinajstić information content (AvgIpc) is 3.22. The Kier molecular flexibility index (Phi) is 4.99. The Morgan fingerprint density at radius 3 is 2.65 bits per heavy atom. The second-order valence-corrected chi connectivity index (χ2v) is 7.69. The topological polar surface area (TPSA) is 64.7 Å². The van der Waals surface area contributed by atoms with Gasteiger partial charge in [0.05, 0.1) is 24.3 Å². The number of nitrogens with one attached hydrogen (secondary N) is 1. The van der Waals surface area contributed by atoms with E-state index in [9.17, 15) is 4.79 Å². The summed E-state index contributed by atoms with van der Waals surface area (Å²) in [7, 11) is 0. The summed E-state index contributed by atoms with van der Waals surface area (Å²) < 4.78 is 3.47. The van der Waals surface area contributed by atoms with E-state index in [1.165, 1.54) is 0 Å². The van der Waals surface area contributed by atoms with Gasteiger partial charge in [0.2, 0.25) is 0 Å². The Balaban J connectivity index is 1.71. The van der Waals surface area contributed by atoms with Crippen molar-refractivity contribution < 1.29 is 0 Å². The summed E-state index contributed by atoms with van der Waals surface area (Å²) in [5, 5.41) is 8.15. The predicted octanol–water partition coefficient (Wildman–Crippen LogP) is 2.37. The minimum absolute atomic E-state index is 0.0322. The standard InChI is InChI=1S/C19H23N5OS/c1-14-17(26-13-21-14)12-24-19(25)23(11-15-5-3-2-4-6-15)18(22-24)16-7-9-20-10-8-16/h2-6,13,16,20H,7-12H2,1H3. The fourth-order valence-corrected chi connectivity index (χ4v) is 4.23. The van der Waals surface area contributed by atoms with Crippen molar-refractivity contribution in [3.63, 3.8) is 0 Å². The number of aromatic nitrogens is 4. The van der Waals surface area contributed by atoms with Crippen molar-refractivity contribution in [1.29, 1.82) is 0 Å². The summed E-state index contributed by atoms with van der Waals surface area (Å²) in [5.41, 5.74) is 3.89. The van der Waals surface area contributed by atoms with Crippen LogP contribution in [0.3, 0.4) is 0 Å². The molecule has 1 saturated heterocycles. The van der Waals surface area contributed by atoms with Gasteiger partial charge in [-0.25, -0.2) is 14.5 Å². The van der Waals surface area contributed by atoms with Crippen LogP contribution in [-0.2, 0) is 13.1 Å². The van der Waals surface area contributed by atoms with Crippen molar-refractivity contribution >= 4 is 11.3 Å². The molecule has 4 rings (SSSR count). The van der Waals surface area contributed by atoms with Gasteiger partial charge in [0.25, 0.3) is 0 Å². The highest BCUT2D eigenvalue weighted by molar-refractivity contribution is 7.09. The van der Waals surface area contributed by atoms with E-state index in [0.717, 1.165) is 47.9 Å². The van der Waals surface area contributed by atoms with Crippen LogP contribution >= 0.6 is 11.3 Å². The van der Waals surface area contributed by atoms with Crippen molar-refractivity contribution in [3.05, 3.63) is 68.3 Å². The highest BCUT2D eigenvalue weighted by atomic mass is 32.1. The normalized spacial score (nSPS) is 15.4. The van der Waals surface area contributed by atoms with E-state index in [4.69, 9.17) is 5.10 Å². The van der Waals surface area contributed by atoms with Crippen molar-refractivity contribution in [2.45, 2.75) is 38.8 Å². The predicted molar refractivity (Wildman–Crippen MR) is 103 cm³/mol. The number of aryl methyl sites for hydroxylation is 1. The molecule has 0 saturated carbocycles. The van der Waals surface area contributed by atoms with Crippen LogP contribution in [0, 0.1) is 6.92 Å². The Labute approximate surface area is 156 Å². The molecule has 0 unspecified atom stereocenters. The first-order valence-electron chi connectivity index (χ1n) is 9.03. The summed E-state index contributed by atoms with van der Waals surface area (Å²) >= 11 is 1.58. The number of rotatable bonds is 5. The molecule has 0 atom stereocenters. The lowest BCUT2D eigenvalue weighted by Gasteiger charge is -2.22. The molecular formula is C19H23N5OS. The van der Waals surface area contributed by atoms with Crippen LogP contribution in [0.25, 0.3) is 0 Å². The Morgan fingerprint density at radius 1 is 1.19 bits per heavy atom. The molecule has 1 aromatic carbocycles. The summed E-state index contributed by atoms with van der Waals surface area (Å²) in [6, 6.07) is 10.1. The quantitative estimate of drug-likeness (QED) is 0.750. The van der Waals surface area contributed by atoms with Crippen molar-refractivity contribution in [2.24, 2.45) is 0 Å². The van der Waals surface area contributed by atoms with Crippen molar-refractivity contribution in [1.82, 2.24) is 24.6 Å². The molecular weight excluding hydrogens is 346 g/mol. The van der Waals surface area contributed by atoms with Crippen LogP contribution < -0.4 is 11.0 Å². The molecule has 0 amide bonds. The maximum atomic E-state index is 13.1. The molecule has 2 aromatic heterocycles. The van der Waals surface area contributed by atoms with Gasteiger partial charge in [-0.2, -0.15) is 5.10 Å². The summed E-state index contributed by atoms with van der Waals surface area (Å²) in [6.07, 6.45) is 2.04. The molecule has 1 fully saturated rings. The van der Waals surface area contributed by atoms with Gasteiger partial charge in [-0.3, -0.25) is 4.57 Å². The van der Waals surface area contributed by atoms with E-state index in [0.29, 0.717) is 19.0 Å². The van der Waals surface area contributed by atoms with E-state index >= 15 is 0 Å². The zero-order chi connectivity index (χ0) is 17.9. The van der Waals surface area contributed by atoms with Gasteiger partial charge in [-0.05, 0) is 38.4 Å². The summed E-state index contributed by atoms with van der Waals surface area (Å²) in [6.45, 7) is 5.00. The van der Waals surface area contributed by atoms with Crippen LogP contribution in [0.4, 0.5) is 0 Å². The lowest BCUT2D eigenvalue weighted by molar-refractivity contribution is 0.431. The minimum atomic E-state index is -0.0322. The SMILES string of the molecule is Cc1ncsc1Cn1nc(C2CCNCC2)n(Cc2ccccc2)c1=O. The van der Waals surface area contributed by atoms with E-state index in [-0.39, 0.29) is 5.69 Å². The third kappa shape index (κ3) is 3.50. The molecule has 0 aliphatic carbocycles.